The van der Waals surface area contributed by atoms with E-state index in [0.717, 1.165) is 11.3 Å². The van der Waals surface area contributed by atoms with E-state index in [-0.39, 0.29) is 11.4 Å². The van der Waals surface area contributed by atoms with Gasteiger partial charge in [0.25, 0.3) is 0 Å². The van der Waals surface area contributed by atoms with E-state index in [1.165, 1.54) is 0 Å². The summed E-state index contributed by atoms with van der Waals surface area (Å²) >= 11 is 0. The molecule has 0 aromatic carbocycles. The average Bonchev–Trinajstić information content (AvgIpc) is 2.79. The summed E-state index contributed by atoms with van der Waals surface area (Å²) in [4.78, 5) is 0.217. The van der Waals surface area contributed by atoms with Crippen molar-refractivity contribution in [2.24, 2.45) is 7.05 Å². The van der Waals surface area contributed by atoms with Crippen molar-refractivity contribution in [1.82, 2.24) is 24.7 Å². The van der Waals surface area contributed by atoms with E-state index in [9.17, 15) is 8.42 Å². The van der Waals surface area contributed by atoms with Crippen molar-refractivity contribution in [3.05, 3.63) is 28.8 Å². The molecule has 2 heterocycles. The molecule has 2 aromatic rings. The van der Waals surface area contributed by atoms with E-state index in [4.69, 9.17) is 0 Å². The maximum atomic E-state index is 12.2. The van der Waals surface area contributed by atoms with Crippen LogP contribution in [0.1, 0.15) is 22.6 Å². The zero-order chi connectivity index (χ0) is 14.2. The quantitative estimate of drug-likeness (QED) is 0.857. The van der Waals surface area contributed by atoms with Crippen molar-refractivity contribution in [3.63, 3.8) is 0 Å². The number of aromatic amines is 1. The van der Waals surface area contributed by atoms with Gasteiger partial charge in [-0.3, -0.25) is 9.78 Å². The highest BCUT2D eigenvalue weighted by molar-refractivity contribution is 7.89. The summed E-state index contributed by atoms with van der Waals surface area (Å²) < 4.78 is 28.7. The number of aryl methyl sites for hydroxylation is 4. The van der Waals surface area contributed by atoms with E-state index in [0.29, 0.717) is 11.4 Å². The smallest absolute Gasteiger partial charge is 0.244 e. The van der Waals surface area contributed by atoms with Crippen LogP contribution in [0.2, 0.25) is 0 Å². The summed E-state index contributed by atoms with van der Waals surface area (Å²) in [5, 5.41) is 10.7. The highest BCUT2D eigenvalue weighted by atomic mass is 32.2. The second-order valence-electron chi connectivity index (χ2n) is 4.50. The van der Waals surface area contributed by atoms with Gasteiger partial charge in [-0.05, 0) is 20.8 Å². The molecular weight excluding hydrogens is 266 g/mol. The lowest BCUT2D eigenvalue weighted by atomic mass is 10.3. The molecule has 2 rings (SSSR count). The van der Waals surface area contributed by atoms with Gasteiger partial charge in [0.15, 0.2) is 0 Å². The van der Waals surface area contributed by atoms with E-state index in [1.807, 2.05) is 6.92 Å². The first kappa shape index (κ1) is 13.8. The predicted octanol–water partition coefficient (Wildman–Crippen LogP) is 0.547. The summed E-state index contributed by atoms with van der Waals surface area (Å²) in [6.45, 7) is 5.40. The predicted molar refractivity (Wildman–Crippen MR) is 70.0 cm³/mol. The number of aromatic nitrogens is 4. The van der Waals surface area contributed by atoms with Crippen LogP contribution in [0.4, 0.5) is 0 Å². The van der Waals surface area contributed by atoms with Crippen LogP contribution >= 0.6 is 0 Å². The number of rotatable bonds is 4. The maximum absolute atomic E-state index is 12.2. The Bertz CT molecular complexity index is 679. The molecule has 0 atom stereocenters. The van der Waals surface area contributed by atoms with Crippen LogP contribution in [0.25, 0.3) is 0 Å². The van der Waals surface area contributed by atoms with Crippen LogP contribution in [0.5, 0.6) is 0 Å². The van der Waals surface area contributed by atoms with Gasteiger partial charge in [0.2, 0.25) is 10.0 Å². The first-order valence-electron chi connectivity index (χ1n) is 5.81. The molecule has 8 heteroatoms. The van der Waals surface area contributed by atoms with Gasteiger partial charge < -0.3 is 0 Å². The molecule has 104 valence electrons. The zero-order valence-electron chi connectivity index (χ0n) is 11.4. The van der Waals surface area contributed by atoms with Crippen molar-refractivity contribution in [2.45, 2.75) is 32.2 Å². The van der Waals surface area contributed by atoms with Crippen molar-refractivity contribution in [1.29, 1.82) is 0 Å². The fraction of sp³-hybridized carbons (Fsp3) is 0.455. The summed E-state index contributed by atoms with van der Waals surface area (Å²) in [7, 11) is -1.76. The van der Waals surface area contributed by atoms with E-state index in [2.05, 4.69) is 20.0 Å². The molecule has 0 aliphatic rings. The number of nitrogens with one attached hydrogen (secondary N) is 2. The topological polar surface area (TPSA) is 92.7 Å². The van der Waals surface area contributed by atoms with Crippen molar-refractivity contribution in [2.75, 3.05) is 0 Å². The third-order valence-corrected chi connectivity index (χ3v) is 4.56. The minimum atomic E-state index is -3.56. The second-order valence-corrected chi connectivity index (χ2v) is 6.20. The molecule has 0 aliphatic carbocycles. The number of nitrogens with zero attached hydrogens (tertiary/aromatic N) is 3. The van der Waals surface area contributed by atoms with Crippen molar-refractivity contribution < 1.29 is 8.42 Å². The van der Waals surface area contributed by atoms with Crippen molar-refractivity contribution >= 4 is 10.0 Å². The number of hydrogen-bond donors (Lipinski definition) is 2. The molecule has 0 aliphatic heterocycles. The number of hydrogen-bond acceptors (Lipinski definition) is 4. The minimum absolute atomic E-state index is 0.214. The summed E-state index contributed by atoms with van der Waals surface area (Å²) in [6.07, 6.45) is 1.80. The first-order chi connectivity index (χ1) is 8.81. The lowest BCUT2D eigenvalue weighted by Crippen LogP contribution is -2.24. The molecule has 7 nitrogen and oxygen atoms in total. The fourth-order valence-electron chi connectivity index (χ4n) is 2.00. The Balaban J connectivity index is 2.21. The van der Waals surface area contributed by atoms with Crippen LogP contribution in [0.15, 0.2) is 11.1 Å². The summed E-state index contributed by atoms with van der Waals surface area (Å²) in [5.41, 5.74) is 2.66. The molecule has 19 heavy (non-hydrogen) atoms. The van der Waals surface area contributed by atoms with Gasteiger partial charge in [0.1, 0.15) is 4.90 Å². The van der Waals surface area contributed by atoms with Gasteiger partial charge in [-0.15, -0.1) is 0 Å². The lowest BCUT2D eigenvalue weighted by Gasteiger charge is -2.06. The van der Waals surface area contributed by atoms with Gasteiger partial charge in [0, 0.05) is 25.4 Å². The third-order valence-electron chi connectivity index (χ3n) is 2.90. The third kappa shape index (κ3) is 2.69. The van der Waals surface area contributed by atoms with Gasteiger partial charge >= 0.3 is 0 Å². The highest BCUT2D eigenvalue weighted by Gasteiger charge is 2.22. The SMILES string of the molecule is Cc1nn(C)cc1CNS(=O)(=O)c1c(C)n[nH]c1C. The number of H-pyrrole nitrogens is 1. The van der Waals surface area contributed by atoms with Crippen LogP contribution in [0.3, 0.4) is 0 Å². The monoisotopic (exact) mass is 283 g/mol. The molecule has 0 spiro atoms. The van der Waals surface area contributed by atoms with E-state index in [1.54, 1.807) is 31.8 Å². The molecule has 2 N–H and O–H groups in total. The molecule has 0 saturated carbocycles. The van der Waals surface area contributed by atoms with E-state index < -0.39 is 10.0 Å². The Morgan fingerprint density at radius 1 is 1.32 bits per heavy atom. The van der Waals surface area contributed by atoms with Crippen LogP contribution in [-0.4, -0.2) is 28.4 Å². The molecule has 0 unspecified atom stereocenters. The Morgan fingerprint density at radius 2 is 2.00 bits per heavy atom. The Kier molecular flexibility index (Phi) is 3.46. The molecule has 0 radical (unpaired) electrons. The molecule has 0 fully saturated rings. The van der Waals surface area contributed by atoms with Gasteiger partial charge in [0.05, 0.1) is 17.1 Å². The summed E-state index contributed by atoms with van der Waals surface area (Å²) in [6, 6.07) is 0. The van der Waals surface area contributed by atoms with Crippen molar-refractivity contribution in [3.8, 4) is 0 Å². The average molecular weight is 283 g/mol. The first-order valence-corrected chi connectivity index (χ1v) is 7.30. The van der Waals surface area contributed by atoms with Gasteiger partial charge in [-0.25, -0.2) is 13.1 Å². The standard InChI is InChI=1S/C11H17N5O2S/c1-7-10(6-16(4)15-7)5-12-19(17,18)11-8(2)13-14-9(11)3/h6,12H,5H2,1-4H3,(H,13,14). The Labute approximate surface area is 112 Å². The summed E-state index contributed by atoms with van der Waals surface area (Å²) in [5.74, 6) is 0. The Morgan fingerprint density at radius 3 is 2.47 bits per heavy atom. The Hall–Kier alpha value is -1.67. The minimum Gasteiger partial charge on any atom is -0.281 e. The zero-order valence-corrected chi connectivity index (χ0v) is 12.2. The molecule has 0 amide bonds. The van der Waals surface area contributed by atoms with Crippen LogP contribution < -0.4 is 4.72 Å². The maximum Gasteiger partial charge on any atom is 0.244 e. The normalized spacial score (nSPS) is 12.0. The van der Waals surface area contributed by atoms with Gasteiger partial charge in [-0.1, -0.05) is 0 Å². The molecule has 0 saturated heterocycles. The highest BCUT2D eigenvalue weighted by Crippen LogP contribution is 2.17. The molecule has 0 bridgehead atoms. The molecular formula is C11H17N5O2S. The van der Waals surface area contributed by atoms with Crippen LogP contribution in [-0.2, 0) is 23.6 Å². The fourth-order valence-corrected chi connectivity index (χ4v) is 3.38. The second kappa shape index (κ2) is 4.78. The van der Waals surface area contributed by atoms with Gasteiger partial charge in [-0.2, -0.15) is 10.2 Å². The van der Waals surface area contributed by atoms with E-state index >= 15 is 0 Å². The molecule has 2 aromatic heterocycles. The van der Waals surface area contributed by atoms with Crippen LogP contribution in [0, 0.1) is 20.8 Å². The number of sulfonamides is 1. The lowest BCUT2D eigenvalue weighted by molar-refractivity contribution is 0.580. The largest absolute Gasteiger partial charge is 0.281 e.